The number of halogens is 1. The summed E-state index contributed by atoms with van der Waals surface area (Å²) in [5.41, 5.74) is 0. The molecule has 1 saturated carbocycles. The van der Waals surface area contributed by atoms with Crippen molar-refractivity contribution >= 4 is 30.3 Å². The molecule has 0 aromatic heterocycles. The SMILES string of the molecule is Cl.O=C(CN1CCCC(C(=O)O)C1)NC(=O)NC1CCCCC1. The Kier molecular flexibility index (Phi) is 8.33. The number of urea groups is 1. The number of nitrogens with zero attached hydrogens (tertiary/aromatic N) is 1. The lowest BCUT2D eigenvalue weighted by Crippen LogP contribution is -2.49. The fourth-order valence-electron chi connectivity index (χ4n) is 3.24. The standard InChI is InChI=1S/C15H25N3O4.ClH/c19-13(10-18-8-4-5-11(9-18)14(20)21)17-15(22)16-12-6-2-1-3-7-12;/h11-12H,1-10H2,(H,20,21)(H2,16,17,19,22);1H. The average Bonchev–Trinajstić information content (AvgIpc) is 2.48. The van der Waals surface area contributed by atoms with Crippen molar-refractivity contribution in [3.63, 3.8) is 0 Å². The normalized spacial score (nSPS) is 22.7. The molecule has 0 radical (unpaired) electrons. The number of hydrogen-bond acceptors (Lipinski definition) is 4. The van der Waals surface area contributed by atoms with Crippen molar-refractivity contribution in [1.82, 2.24) is 15.5 Å². The van der Waals surface area contributed by atoms with Gasteiger partial charge in [-0.25, -0.2) is 4.79 Å². The number of imide groups is 1. The molecule has 3 amide bonds. The molecule has 0 aromatic rings. The molecule has 1 heterocycles. The fraction of sp³-hybridized carbons (Fsp3) is 0.800. The first kappa shape index (κ1) is 19.7. The zero-order valence-electron chi connectivity index (χ0n) is 13.3. The van der Waals surface area contributed by atoms with E-state index in [2.05, 4.69) is 10.6 Å². The molecule has 23 heavy (non-hydrogen) atoms. The maximum atomic E-state index is 11.9. The maximum Gasteiger partial charge on any atom is 0.321 e. The number of carboxylic acid groups (broad SMARTS) is 1. The Balaban J connectivity index is 0.00000264. The maximum absolute atomic E-state index is 11.9. The molecule has 2 fully saturated rings. The van der Waals surface area contributed by atoms with Gasteiger partial charge in [0.15, 0.2) is 0 Å². The van der Waals surface area contributed by atoms with Gasteiger partial charge in [-0.2, -0.15) is 0 Å². The van der Waals surface area contributed by atoms with Gasteiger partial charge in [-0.05, 0) is 32.2 Å². The second-order valence-electron chi connectivity index (χ2n) is 6.27. The quantitative estimate of drug-likeness (QED) is 0.713. The predicted molar refractivity (Wildman–Crippen MR) is 87.6 cm³/mol. The lowest BCUT2D eigenvalue weighted by atomic mass is 9.96. The van der Waals surface area contributed by atoms with Crippen molar-refractivity contribution < 1.29 is 19.5 Å². The summed E-state index contributed by atoms with van der Waals surface area (Å²) < 4.78 is 0. The van der Waals surface area contributed by atoms with Crippen LogP contribution in [0.15, 0.2) is 0 Å². The Bertz CT molecular complexity index is 427. The number of likely N-dealkylation sites (tertiary alicyclic amines) is 1. The van der Waals surface area contributed by atoms with E-state index in [0.717, 1.165) is 32.1 Å². The molecule has 8 heteroatoms. The molecule has 1 unspecified atom stereocenters. The highest BCUT2D eigenvalue weighted by Crippen LogP contribution is 2.17. The molecule has 1 atom stereocenters. The van der Waals surface area contributed by atoms with E-state index in [0.29, 0.717) is 19.5 Å². The summed E-state index contributed by atoms with van der Waals surface area (Å²) in [4.78, 5) is 36.4. The number of aliphatic carboxylic acids is 1. The molecule has 0 spiro atoms. The molecule has 2 aliphatic rings. The first-order valence-corrected chi connectivity index (χ1v) is 8.10. The number of hydrogen-bond donors (Lipinski definition) is 3. The molecule has 0 bridgehead atoms. The first-order valence-electron chi connectivity index (χ1n) is 8.10. The molecular weight excluding hydrogens is 322 g/mol. The van der Waals surface area contributed by atoms with E-state index in [1.807, 2.05) is 0 Å². The van der Waals surface area contributed by atoms with Crippen LogP contribution in [0.2, 0.25) is 0 Å². The second-order valence-corrected chi connectivity index (χ2v) is 6.27. The topological polar surface area (TPSA) is 98.7 Å². The van der Waals surface area contributed by atoms with Gasteiger partial charge >= 0.3 is 12.0 Å². The minimum atomic E-state index is -0.819. The number of amides is 3. The minimum Gasteiger partial charge on any atom is -0.481 e. The summed E-state index contributed by atoms with van der Waals surface area (Å²) in [5.74, 6) is -1.61. The molecule has 132 valence electrons. The number of carboxylic acids is 1. The minimum absolute atomic E-state index is 0. The lowest BCUT2D eigenvalue weighted by Gasteiger charge is -2.30. The van der Waals surface area contributed by atoms with Crippen LogP contribution in [0.25, 0.3) is 0 Å². The van der Waals surface area contributed by atoms with Gasteiger partial charge in [0.2, 0.25) is 5.91 Å². The van der Waals surface area contributed by atoms with Crippen LogP contribution < -0.4 is 10.6 Å². The molecular formula is C15H26ClN3O4. The molecule has 7 nitrogen and oxygen atoms in total. The van der Waals surface area contributed by atoms with Crippen LogP contribution in [0.3, 0.4) is 0 Å². The van der Waals surface area contributed by atoms with Gasteiger partial charge in [0.1, 0.15) is 0 Å². The van der Waals surface area contributed by atoms with E-state index in [1.54, 1.807) is 4.90 Å². The van der Waals surface area contributed by atoms with E-state index >= 15 is 0 Å². The van der Waals surface area contributed by atoms with Gasteiger partial charge in [0, 0.05) is 12.6 Å². The fourth-order valence-corrected chi connectivity index (χ4v) is 3.24. The first-order chi connectivity index (χ1) is 10.5. The van der Waals surface area contributed by atoms with Gasteiger partial charge in [-0.3, -0.25) is 19.8 Å². The third-order valence-corrected chi connectivity index (χ3v) is 4.42. The molecule has 0 aromatic carbocycles. The highest BCUT2D eigenvalue weighted by atomic mass is 35.5. The van der Waals surface area contributed by atoms with Crippen molar-refractivity contribution in [2.45, 2.75) is 51.0 Å². The second kappa shape index (κ2) is 9.72. The third kappa shape index (κ3) is 6.74. The Hall–Kier alpha value is -1.34. The molecule has 3 N–H and O–H groups in total. The van der Waals surface area contributed by atoms with Crippen LogP contribution in [-0.4, -0.2) is 53.6 Å². The summed E-state index contributed by atoms with van der Waals surface area (Å²) in [5, 5.41) is 14.2. The number of carbonyl (C=O) groups excluding carboxylic acids is 2. The monoisotopic (exact) mass is 347 g/mol. The zero-order chi connectivity index (χ0) is 15.9. The number of carbonyl (C=O) groups is 3. The summed E-state index contributed by atoms with van der Waals surface area (Å²) in [7, 11) is 0. The summed E-state index contributed by atoms with van der Waals surface area (Å²) in [6.45, 7) is 1.14. The molecule has 1 saturated heterocycles. The Labute approximate surface area is 142 Å². The zero-order valence-corrected chi connectivity index (χ0v) is 14.1. The van der Waals surface area contributed by atoms with Crippen LogP contribution in [0.1, 0.15) is 44.9 Å². The smallest absolute Gasteiger partial charge is 0.321 e. The van der Waals surface area contributed by atoms with E-state index in [-0.39, 0.29) is 30.9 Å². The summed E-state index contributed by atoms with van der Waals surface area (Å²) >= 11 is 0. The summed E-state index contributed by atoms with van der Waals surface area (Å²) in [6, 6.07) is -0.281. The Morgan fingerprint density at radius 2 is 1.74 bits per heavy atom. The molecule has 1 aliphatic heterocycles. The van der Waals surface area contributed by atoms with Gasteiger partial charge in [-0.15, -0.1) is 12.4 Å². The highest BCUT2D eigenvalue weighted by molar-refractivity contribution is 5.95. The van der Waals surface area contributed by atoms with Crippen LogP contribution in [0, 0.1) is 5.92 Å². The van der Waals surface area contributed by atoms with Crippen molar-refractivity contribution in [3.8, 4) is 0 Å². The highest BCUT2D eigenvalue weighted by Gasteiger charge is 2.26. The van der Waals surface area contributed by atoms with Gasteiger partial charge in [0.05, 0.1) is 12.5 Å². The Morgan fingerprint density at radius 3 is 2.39 bits per heavy atom. The van der Waals surface area contributed by atoms with E-state index in [9.17, 15) is 14.4 Å². The van der Waals surface area contributed by atoms with Crippen LogP contribution in [-0.2, 0) is 9.59 Å². The average molecular weight is 348 g/mol. The van der Waals surface area contributed by atoms with Gasteiger partial charge < -0.3 is 10.4 Å². The summed E-state index contributed by atoms with van der Waals surface area (Å²) in [6.07, 6.45) is 6.78. The van der Waals surface area contributed by atoms with Gasteiger partial charge in [-0.1, -0.05) is 19.3 Å². The van der Waals surface area contributed by atoms with Crippen molar-refractivity contribution in [3.05, 3.63) is 0 Å². The van der Waals surface area contributed by atoms with Crippen molar-refractivity contribution in [1.29, 1.82) is 0 Å². The number of nitrogens with one attached hydrogen (secondary N) is 2. The largest absolute Gasteiger partial charge is 0.481 e. The van der Waals surface area contributed by atoms with Crippen LogP contribution in [0.4, 0.5) is 4.79 Å². The lowest BCUT2D eigenvalue weighted by molar-refractivity contribution is -0.144. The number of piperidine rings is 1. The van der Waals surface area contributed by atoms with Gasteiger partial charge in [0.25, 0.3) is 0 Å². The van der Waals surface area contributed by atoms with Crippen molar-refractivity contribution in [2.75, 3.05) is 19.6 Å². The van der Waals surface area contributed by atoms with E-state index < -0.39 is 17.9 Å². The van der Waals surface area contributed by atoms with E-state index in [1.165, 1.54) is 6.42 Å². The van der Waals surface area contributed by atoms with E-state index in [4.69, 9.17) is 5.11 Å². The molecule has 2 rings (SSSR count). The molecule has 1 aliphatic carbocycles. The predicted octanol–water partition coefficient (Wildman–Crippen LogP) is 1.36. The van der Waals surface area contributed by atoms with Crippen LogP contribution in [0.5, 0.6) is 0 Å². The number of rotatable bonds is 4. The Morgan fingerprint density at radius 1 is 1.04 bits per heavy atom. The van der Waals surface area contributed by atoms with Crippen LogP contribution >= 0.6 is 12.4 Å². The van der Waals surface area contributed by atoms with Crippen molar-refractivity contribution in [2.24, 2.45) is 5.92 Å². The third-order valence-electron chi connectivity index (χ3n) is 4.42.